The average molecular weight is 552 g/mol. The largest absolute Gasteiger partial charge is 0.482 e. The summed E-state index contributed by atoms with van der Waals surface area (Å²) in [7, 11) is 1.62. The van der Waals surface area contributed by atoms with Crippen LogP contribution in [0.4, 0.5) is 0 Å². The number of likely N-dealkylation sites (tertiary alicyclic amines) is 1. The zero-order valence-corrected chi connectivity index (χ0v) is 23.5. The maximum absolute atomic E-state index is 13.4. The van der Waals surface area contributed by atoms with Gasteiger partial charge in [0.05, 0.1) is 43.0 Å². The number of hydrogen-bond donors (Lipinski definition) is 1. The van der Waals surface area contributed by atoms with E-state index in [2.05, 4.69) is 40.0 Å². The van der Waals surface area contributed by atoms with Crippen molar-refractivity contribution in [2.45, 2.75) is 52.1 Å². The SMILES string of the molecule is COc1cc(C(=O)N2CCCC(=N)C2)cc2nc(-c3cc4ccc(C(C)n5ccnn5)nc4n3CC3CC3)c(C)n12. The minimum atomic E-state index is -0.0986. The Morgan fingerprint density at radius 3 is 2.78 bits per heavy atom. The van der Waals surface area contributed by atoms with Crippen LogP contribution in [0.1, 0.15) is 60.4 Å². The topological polar surface area (TPSA) is 119 Å². The third kappa shape index (κ3) is 4.45. The summed E-state index contributed by atoms with van der Waals surface area (Å²) >= 11 is 0. The summed E-state index contributed by atoms with van der Waals surface area (Å²) in [5.41, 5.74) is 6.41. The number of imidazole rings is 1. The molecule has 2 fully saturated rings. The third-order valence-electron chi connectivity index (χ3n) is 8.36. The summed E-state index contributed by atoms with van der Waals surface area (Å²) < 4.78 is 11.9. The second-order valence-electron chi connectivity index (χ2n) is 11.3. The van der Waals surface area contributed by atoms with Gasteiger partial charge < -0.3 is 19.6 Å². The van der Waals surface area contributed by atoms with Gasteiger partial charge in [-0.2, -0.15) is 0 Å². The standard InChI is InChI=1S/C30H33N9O2/c1-18(38-12-10-32-35-38)24-9-8-21-13-25(37(29(21)33-24)16-20-6-7-20)28-19(2)39-26(34-28)14-22(15-27(39)41-3)30(40)36-11-4-5-23(31)17-36/h8-10,12-15,18,20,31H,4-7,11,16-17H2,1-3H3. The molecule has 210 valence electrons. The molecule has 1 N–H and O–H groups in total. The van der Waals surface area contributed by atoms with Gasteiger partial charge in [0.2, 0.25) is 0 Å². The number of hydrogen-bond acceptors (Lipinski definition) is 7. The molecule has 1 aliphatic carbocycles. The second kappa shape index (κ2) is 9.83. The van der Waals surface area contributed by atoms with Crippen molar-refractivity contribution in [1.29, 1.82) is 5.41 Å². The number of rotatable bonds is 7. The molecule has 7 rings (SSSR count). The molecule has 2 aliphatic rings. The lowest BCUT2D eigenvalue weighted by Gasteiger charge is -2.27. The lowest BCUT2D eigenvalue weighted by Crippen LogP contribution is -2.39. The van der Waals surface area contributed by atoms with Crippen LogP contribution < -0.4 is 4.74 Å². The monoisotopic (exact) mass is 551 g/mol. The maximum atomic E-state index is 13.4. The highest BCUT2D eigenvalue weighted by molar-refractivity contribution is 5.99. The summed E-state index contributed by atoms with van der Waals surface area (Å²) in [6, 6.07) is 9.92. The number of pyridine rings is 2. The number of carbonyl (C=O) groups is 1. The molecule has 11 nitrogen and oxygen atoms in total. The zero-order valence-electron chi connectivity index (χ0n) is 23.5. The fourth-order valence-electron chi connectivity index (χ4n) is 5.89. The molecule has 0 bridgehead atoms. The van der Waals surface area contributed by atoms with E-state index in [0.717, 1.165) is 53.2 Å². The molecule has 1 atom stereocenters. The minimum absolute atomic E-state index is 0.0459. The Morgan fingerprint density at radius 1 is 1.20 bits per heavy atom. The normalized spacial score (nSPS) is 16.6. The molecule has 1 amide bonds. The van der Waals surface area contributed by atoms with Crippen LogP contribution in [0.3, 0.4) is 0 Å². The van der Waals surface area contributed by atoms with Crippen molar-refractivity contribution < 1.29 is 9.53 Å². The van der Waals surface area contributed by atoms with Crippen LogP contribution >= 0.6 is 0 Å². The predicted molar refractivity (Wildman–Crippen MR) is 155 cm³/mol. The van der Waals surface area contributed by atoms with E-state index in [9.17, 15) is 4.79 Å². The van der Waals surface area contributed by atoms with Gasteiger partial charge in [-0.15, -0.1) is 5.10 Å². The van der Waals surface area contributed by atoms with Crippen LogP contribution in [0.15, 0.2) is 42.7 Å². The fourth-order valence-corrected chi connectivity index (χ4v) is 5.89. The first-order valence-electron chi connectivity index (χ1n) is 14.2. The Balaban J connectivity index is 1.34. The number of amides is 1. The Labute approximate surface area is 237 Å². The predicted octanol–water partition coefficient (Wildman–Crippen LogP) is 4.53. The highest BCUT2D eigenvalue weighted by atomic mass is 16.5. The lowest BCUT2D eigenvalue weighted by atomic mass is 10.1. The van der Waals surface area contributed by atoms with Gasteiger partial charge in [-0.3, -0.25) is 9.20 Å². The third-order valence-corrected chi connectivity index (χ3v) is 8.36. The van der Waals surface area contributed by atoms with E-state index in [-0.39, 0.29) is 11.9 Å². The number of carbonyl (C=O) groups excluding carboxylic acids is 1. The minimum Gasteiger partial charge on any atom is -0.482 e. The van der Waals surface area contributed by atoms with E-state index in [0.29, 0.717) is 41.8 Å². The Bertz CT molecular complexity index is 1800. The second-order valence-corrected chi connectivity index (χ2v) is 11.3. The maximum Gasteiger partial charge on any atom is 0.254 e. The van der Waals surface area contributed by atoms with Gasteiger partial charge in [0.25, 0.3) is 5.91 Å². The van der Waals surface area contributed by atoms with Gasteiger partial charge in [-0.05, 0) is 69.7 Å². The van der Waals surface area contributed by atoms with E-state index < -0.39 is 0 Å². The van der Waals surface area contributed by atoms with E-state index in [4.69, 9.17) is 20.1 Å². The summed E-state index contributed by atoms with van der Waals surface area (Å²) in [5.74, 6) is 1.08. The van der Waals surface area contributed by atoms with Crippen LogP contribution in [-0.4, -0.2) is 70.6 Å². The first-order chi connectivity index (χ1) is 19.9. The number of methoxy groups -OCH3 is 1. The molecule has 0 aromatic carbocycles. The van der Waals surface area contributed by atoms with E-state index in [1.54, 1.807) is 24.3 Å². The molecule has 1 saturated heterocycles. The number of piperidine rings is 1. The molecule has 41 heavy (non-hydrogen) atoms. The molecule has 0 radical (unpaired) electrons. The lowest BCUT2D eigenvalue weighted by molar-refractivity contribution is 0.0768. The Hall–Kier alpha value is -4.54. The summed E-state index contributed by atoms with van der Waals surface area (Å²) in [6.07, 6.45) is 7.53. The van der Waals surface area contributed by atoms with E-state index >= 15 is 0 Å². The quantitative estimate of drug-likeness (QED) is 0.317. The highest BCUT2D eigenvalue weighted by Crippen LogP contribution is 2.37. The highest BCUT2D eigenvalue weighted by Gasteiger charge is 2.28. The van der Waals surface area contributed by atoms with Crippen LogP contribution in [0.2, 0.25) is 0 Å². The molecule has 11 heteroatoms. The van der Waals surface area contributed by atoms with E-state index in [1.807, 2.05) is 28.3 Å². The molecule has 1 aliphatic heterocycles. The average Bonchev–Trinajstić information content (AvgIpc) is 3.35. The van der Waals surface area contributed by atoms with Crippen molar-refractivity contribution in [2.24, 2.45) is 5.92 Å². The molecule has 1 unspecified atom stereocenters. The number of nitrogens with one attached hydrogen (secondary N) is 1. The first-order valence-corrected chi connectivity index (χ1v) is 14.2. The van der Waals surface area contributed by atoms with Crippen LogP contribution in [-0.2, 0) is 6.54 Å². The number of aromatic nitrogens is 7. The summed E-state index contributed by atoms with van der Waals surface area (Å²) in [6.45, 7) is 6.01. The van der Waals surface area contributed by atoms with Crippen molar-refractivity contribution in [3.8, 4) is 17.3 Å². The molecular formula is C30H33N9O2. The molecular weight excluding hydrogens is 518 g/mol. The molecule has 5 aromatic heterocycles. The van der Waals surface area contributed by atoms with Gasteiger partial charge in [0.15, 0.2) is 5.88 Å². The summed E-state index contributed by atoms with van der Waals surface area (Å²) in [4.78, 5) is 25.3. The van der Waals surface area contributed by atoms with Crippen molar-refractivity contribution in [3.05, 3.63) is 59.7 Å². The van der Waals surface area contributed by atoms with Crippen LogP contribution in [0, 0.1) is 18.3 Å². The van der Waals surface area contributed by atoms with Gasteiger partial charge in [0, 0.05) is 42.0 Å². The number of nitrogens with zero attached hydrogens (tertiary/aromatic N) is 8. The number of aryl methyl sites for hydroxylation is 1. The summed E-state index contributed by atoms with van der Waals surface area (Å²) in [5, 5.41) is 17.2. The first kappa shape index (κ1) is 25.4. The number of ether oxygens (including phenoxy) is 1. The van der Waals surface area contributed by atoms with Crippen LogP contribution in [0.25, 0.3) is 28.1 Å². The Kier molecular flexibility index (Phi) is 6.09. The van der Waals surface area contributed by atoms with Crippen LogP contribution in [0.5, 0.6) is 5.88 Å². The smallest absolute Gasteiger partial charge is 0.254 e. The van der Waals surface area contributed by atoms with E-state index in [1.165, 1.54) is 12.8 Å². The molecule has 5 aromatic rings. The van der Waals surface area contributed by atoms with Crippen molar-refractivity contribution in [1.82, 2.24) is 38.8 Å². The zero-order chi connectivity index (χ0) is 28.2. The van der Waals surface area contributed by atoms with Gasteiger partial charge in [-0.25, -0.2) is 14.6 Å². The fraction of sp³-hybridized carbons (Fsp3) is 0.400. The molecule has 6 heterocycles. The van der Waals surface area contributed by atoms with Crippen molar-refractivity contribution in [3.63, 3.8) is 0 Å². The molecule has 0 spiro atoms. The van der Waals surface area contributed by atoms with Gasteiger partial charge >= 0.3 is 0 Å². The Morgan fingerprint density at radius 2 is 2.05 bits per heavy atom. The van der Waals surface area contributed by atoms with Gasteiger partial charge in [-0.1, -0.05) is 5.21 Å². The number of fused-ring (bicyclic) bond motifs is 2. The van der Waals surface area contributed by atoms with Gasteiger partial charge in [0.1, 0.15) is 17.0 Å². The molecule has 1 saturated carbocycles. The van der Waals surface area contributed by atoms with Crippen molar-refractivity contribution in [2.75, 3.05) is 20.2 Å². The van der Waals surface area contributed by atoms with Crippen molar-refractivity contribution >= 4 is 28.3 Å².